The number of benzene rings is 1. The molecule has 1 amide bonds. The molecule has 0 atom stereocenters. The van der Waals surface area contributed by atoms with E-state index in [1.54, 1.807) is 24.4 Å². The molecule has 1 heterocycles. The molecular formula is C17H21N5O2. The molecule has 126 valence electrons. The second kappa shape index (κ2) is 7.63. The second-order valence-electron chi connectivity index (χ2n) is 5.84. The Kier molecular flexibility index (Phi) is 5.10. The second-order valence-corrected chi connectivity index (χ2v) is 5.84. The van der Waals surface area contributed by atoms with E-state index in [2.05, 4.69) is 20.6 Å². The number of hydrogen-bond donors (Lipinski definition) is 3. The SMILES string of the molecule is Nc1ccnc(NC2CCC(NC(=O)Oc3ccccc3)CC2)n1. The fourth-order valence-corrected chi connectivity index (χ4v) is 2.80. The Labute approximate surface area is 140 Å². The fraction of sp³-hybridized carbons (Fsp3) is 0.353. The molecule has 1 aromatic heterocycles. The third-order valence-corrected chi connectivity index (χ3v) is 4.01. The molecule has 0 unspecified atom stereocenters. The number of carbonyl (C=O) groups is 1. The van der Waals surface area contributed by atoms with Gasteiger partial charge in [-0.25, -0.2) is 9.78 Å². The number of hydrogen-bond acceptors (Lipinski definition) is 6. The molecule has 7 nitrogen and oxygen atoms in total. The van der Waals surface area contributed by atoms with Gasteiger partial charge in [-0.05, 0) is 43.9 Å². The third kappa shape index (κ3) is 4.58. The smallest absolute Gasteiger partial charge is 0.410 e. The Morgan fingerprint density at radius 1 is 1.08 bits per heavy atom. The van der Waals surface area contributed by atoms with E-state index in [0.29, 0.717) is 17.5 Å². The van der Waals surface area contributed by atoms with Gasteiger partial charge in [-0.15, -0.1) is 0 Å². The number of nitrogens with one attached hydrogen (secondary N) is 2. The lowest BCUT2D eigenvalue weighted by Crippen LogP contribution is -2.41. The number of nitrogens with zero attached hydrogens (tertiary/aromatic N) is 2. The van der Waals surface area contributed by atoms with E-state index in [1.165, 1.54) is 0 Å². The summed E-state index contributed by atoms with van der Waals surface area (Å²) in [5.41, 5.74) is 5.65. The maximum Gasteiger partial charge on any atom is 0.412 e. The lowest BCUT2D eigenvalue weighted by Gasteiger charge is -2.29. The molecule has 24 heavy (non-hydrogen) atoms. The first-order valence-corrected chi connectivity index (χ1v) is 8.07. The summed E-state index contributed by atoms with van der Waals surface area (Å²) >= 11 is 0. The zero-order valence-electron chi connectivity index (χ0n) is 13.3. The van der Waals surface area contributed by atoms with Gasteiger partial charge in [-0.3, -0.25) is 0 Å². The van der Waals surface area contributed by atoms with Crippen molar-refractivity contribution in [2.75, 3.05) is 11.1 Å². The molecule has 0 bridgehead atoms. The normalized spacial score (nSPS) is 20.2. The van der Waals surface area contributed by atoms with E-state index < -0.39 is 6.09 Å². The molecule has 1 aliphatic rings. The summed E-state index contributed by atoms with van der Waals surface area (Å²) in [6, 6.07) is 11.1. The first-order chi connectivity index (χ1) is 11.7. The van der Waals surface area contributed by atoms with Gasteiger partial charge in [-0.2, -0.15) is 4.98 Å². The fourth-order valence-electron chi connectivity index (χ4n) is 2.80. The maximum atomic E-state index is 11.9. The number of rotatable bonds is 4. The standard InChI is InChI=1S/C17H21N5O2/c18-15-10-11-19-16(22-15)20-12-6-8-13(9-7-12)21-17(23)24-14-4-2-1-3-5-14/h1-5,10-13H,6-9H2,(H,21,23)(H3,18,19,20,22). The molecule has 0 radical (unpaired) electrons. The van der Waals surface area contributed by atoms with Crippen molar-refractivity contribution in [1.82, 2.24) is 15.3 Å². The minimum Gasteiger partial charge on any atom is -0.410 e. The minimum absolute atomic E-state index is 0.126. The zero-order valence-corrected chi connectivity index (χ0v) is 13.3. The molecule has 1 saturated carbocycles. The highest BCUT2D eigenvalue weighted by atomic mass is 16.6. The van der Waals surface area contributed by atoms with Crippen molar-refractivity contribution >= 4 is 17.9 Å². The van der Waals surface area contributed by atoms with Gasteiger partial charge in [0, 0.05) is 18.3 Å². The van der Waals surface area contributed by atoms with Crippen LogP contribution in [0.25, 0.3) is 0 Å². The highest BCUT2D eigenvalue weighted by Gasteiger charge is 2.23. The maximum absolute atomic E-state index is 11.9. The molecule has 7 heteroatoms. The van der Waals surface area contributed by atoms with Crippen molar-refractivity contribution in [2.45, 2.75) is 37.8 Å². The van der Waals surface area contributed by atoms with E-state index in [9.17, 15) is 4.79 Å². The molecule has 1 aliphatic carbocycles. The minimum atomic E-state index is -0.406. The van der Waals surface area contributed by atoms with Crippen molar-refractivity contribution in [1.29, 1.82) is 0 Å². The van der Waals surface area contributed by atoms with Crippen LogP contribution >= 0.6 is 0 Å². The number of nitrogen functional groups attached to an aromatic ring is 1. The Balaban J connectivity index is 1.42. The monoisotopic (exact) mass is 327 g/mol. The Bertz CT molecular complexity index is 672. The van der Waals surface area contributed by atoms with Crippen LogP contribution in [0.1, 0.15) is 25.7 Å². The summed E-state index contributed by atoms with van der Waals surface area (Å²) in [4.78, 5) is 20.2. The topological polar surface area (TPSA) is 102 Å². The van der Waals surface area contributed by atoms with Gasteiger partial charge in [0.1, 0.15) is 11.6 Å². The van der Waals surface area contributed by atoms with Crippen molar-refractivity contribution in [3.63, 3.8) is 0 Å². The Hall–Kier alpha value is -2.83. The van der Waals surface area contributed by atoms with Crippen LogP contribution < -0.4 is 21.1 Å². The highest BCUT2D eigenvalue weighted by molar-refractivity contribution is 5.70. The van der Waals surface area contributed by atoms with Crippen LogP contribution in [0.15, 0.2) is 42.6 Å². The largest absolute Gasteiger partial charge is 0.412 e. The van der Waals surface area contributed by atoms with Crippen LogP contribution in [0.4, 0.5) is 16.6 Å². The van der Waals surface area contributed by atoms with Gasteiger partial charge < -0.3 is 21.1 Å². The average molecular weight is 327 g/mol. The first kappa shape index (κ1) is 16.0. The summed E-state index contributed by atoms with van der Waals surface area (Å²) in [7, 11) is 0. The van der Waals surface area contributed by atoms with Crippen LogP contribution in [0.2, 0.25) is 0 Å². The van der Waals surface area contributed by atoms with Gasteiger partial charge in [0.25, 0.3) is 0 Å². The highest BCUT2D eigenvalue weighted by Crippen LogP contribution is 2.21. The van der Waals surface area contributed by atoms with Gasteiger partial charge in [0.05, 0.1) is 0 Å². The number of nitrogens with two attached hydrogens (primary N) is 1. The molecule has 0 spiro atoms. The van der Waals surface area contributed by atoms with Crippen molar-refractivity contribution in [3.8, 4) is 5.75 Å². The van der Waals surface area contributed by atoms with Crippen LogP contribution in [0, 0.1) is 0 Å². The molecule has 4 N–H and O–H groups in total. The number of carbonyl (C=O) groups excluding carboxylic acids is 1. The quantitative estimate of drug-likeness (QED) is 0.797. The molecule has 0 aliphatic heterocycles. The number of para-hydroxylation sites is 1. The van der Waals surface area contributed by atoms with Crippen molar-refractivity contribution in [3.05, 3.63) is 42.6 Å². The van der Waals surface area contributed by atoms with E-state index in [1.807, 2.05) is 18.2 Å². The summed E-state index contributed by atoms with van der Waals surface area (Å²) in [6.07, 6.45) is 4.84. The van der Waals surface area contributed by atoms with Gasteiger partial charge in [-0.1, -0.05) is 18.2 Å². The molecule has 1 fully saturated rings. The summed E-state index contributed by atoms with van der Waals surface area (Å²) in [6.45, 7) is 0. The molecule has 0 saturated heterocycles. The summed E-state index contributed by atoms with van der Waals surface area (Å²) in [5, 5.41) is 6.21. The number of amides is 1. The Morgan fingerprint density at radius 3 is 2.50 bits per heavy atom. The third-order valence-electron chi connectivity index (χ3n) is 4.01. The Morgan fingerprint density at radius 2 is 1.79 bits per heavy atom. The number of ether oxygens (including phenoxy) is 1. The van der Waals surface area contributed by atoms with Crippen molar-refractivity contribution < 1.29 is 9.53 Å². The van der Waals surface area contributed by atoms with Crippen LogP contribution in [0.5, 0.6) is 5.75 Å². The predicted octanol–water partition coefficient (Wildman–Crippen LogP) is 2.57. The number of aromatic nitrogens is 2. The molecule has 2 aromatic rings. The lowest BCUT2D eigenvalue weighted by atomic mass is 9.91. The van der Waals surface area contributed by atoms with E-state index in [-0.39, 0.29) is 12.1 Å². The van der Waals surface area contributed by atoms with Crippen LogP contribution in [0.3, 0.4) is 0 Å². The van der Waals surface area contributed by atoms with Crippen LogP contribution in [-0.2, 0) is 0 Å². The lowest BCUT2D eigenvalue weighted by molar-refractivity contribution is 0.191. The zero-order chi connectivity index (χ0) is 16.8. The predicted molar refractivity (Wildman–Crippen MR) is 91.7 cm³/mol. The van der Waals surface area contributed by atoms with E-state index >= 15 is 0 Å². The molecule has 1 aromatic carbocycles. The van der Waals surface area contributed by atoms with Gasteiger partial charge in [0.2, 0.25) is 5.95 Å². The summed E-state index contributed by atoms with van der Waals surface area (Å²) in [5.74, 6) is 1.55. The van der Waals surface area contributed by atoms with Gasteiger partial charge in [0.15, 0.2) is 0 Å². The number of anilines is 2. The molecular weight excluding hydrogens is 306 g/mol. The molecule has 3 rings (SSSR count). The summed E-state index contributed by atoms with van der Waals surface area (Å²) < 4.78 is 5.25. The average Bonchev–Trinajstić information content (AvgIpc) is 2.57. The van der Waals surface area contributed by atoms with E-state index in [4.69, 9.17) is 10.5 Å². The first-order valence-electron chi connectivity index (χ1n) is 8.07. The van der Waals surface area contributed by atoms with Crippen LogP contribution in [-0.4, -0.2) is 28.1 Å². The van der Waals surface area contributed by atoms with Gasteiger partial charge >= 0.3 is 6.09 Å². The van der Waals surface area contributed by atoms with Crippen molar-refractivity contribution in [2.24, 2.45) is 0 Å². The van der Waals surface area contributed by atoms with E-state index in [0.717, 1.165) is 25.7 Å².